The van der Waals surface area contributed by atoms with E-state index in [0.29, 0.717) is 17.4 Å². The molecular weight excluding hydrogens is 238 g/mol. The summed E-state index contributed by atoms with van der Waals surface area (Å²) in [6.07, 6.45) is -0.159. The Morgan fingerprint density at radius 2 is 2.24 bits per heavy atom. The maximum atomic E-state index is 5.80. The van der Waals surface area contributed by atoms with Crippen molar-refractivity contribution in [1.82, 2.24) is 10.1 Å². The lowest BCUT2D eigenvalue weighted by Crippen LogP contribution is -2.10. The summed E-state index contributed by atoms with van der Waals surface area (Å²) < 4.78 is 10.6. The first-order chi connectivity index (χ1) is 8.13. The summed E-state index contributed by atoms with van der Waals surface area (Å²) in [6, 6.07) is 1.82. The SMILES string of the molecule is COC(c1noc(-c2sccc2N)n1)C(C)C. The van der Waals surface area contributed by atoms with Crippen LogP contribution in [0.15, 0.2) is 16.0 Å². The smallest absolute Gasteiger partial charge is 0.270 e. The molecule has 6 heteroatoms. The molecule has 1 atom stereocenters. The fourth-order valence-electron chi connectivity index (χ4n) is 1.61. The third kappa shape index (κ3) is 2.32. The van der Waals surface area contributed by atoms with Gasteiger partial charge in [-0.15, -0.1) is 11.3 Å². The minimum Gasteiger partial charge on any atom is -0.397 e. The maximum absolute atomic E-state index is 5.80. The molecule has 17 heavy (non-hydrogen) atoms. The first-order valence-corrected chi connectivity index (χ1v) is 6.21. The molecule has 92 valence electrons. The highest BCUT2D eigenvalue weighted by atomic mass is 32.1. The topological polar surface area (TPSA) is 74.2 Å². The molecule has 2 N–H and O–H groups in total. The van der Waals surface area contributed by atoms with E-state index in [-0.39, 0.29) is 12.0 Å². The van der Waals surface area contributed by atoms with Crippen LogP contribution in [0, 0.1) is 5.92 Å². The number of nitrogens with zero attached hydrogens (tertiary/aromatic N) is 2. The Morgan fingerprint density at radius 3 is 2.76 bits per heavy atom. The van der Waals surface area contributed by atoms with Gasteiger partial charge in [0, 0.05) is 7.11 Å². The van der Waals surface area contributed by atoms with E-state index in [4.69, 9.17) is 15.0 Å². The van der Waals surface area contributed by atoms with E-state index in [1.807, 2.05) is 25.3 Å². The summed E-state index contributed by atoms with van der Waals surface area (Å²) in [6.45, 7) is 4.09. The molecule has 2 aromatic rings. The van der Waals surface area contributed by atoms with Gasteiger partial charge >= 0.3 is 0 Å². The Morgan fingerprint density at radius 1 is 1.47 bits per heavy atom. The summed E-state index contributed by atoms with van der Waals surface area (Å²) in [7, 11) is 1.64. The predicted octanol–water partition coefficient (Wildman–Crippen LogP) is 2.72. The molecule has 0 aliphatic heterocycles. The lowest BCUT2D eigenvalue weighted by atomic mass is 10.1. The van der Waals surface area contributed by atoms with Gasteiger partial charge in [-0.25, -0.2) is 0 Å². The third-order valence-corrected chi connectivity index (χ3v) is 3.36. The average molecular weight is 253 g/mol. The molecule has 0 aliphatic rings. The summed E-state index contributed by atoms with van der Waals surface area (Å²) in [4.78, 5) is 5.14. The Labute approximate surface area is 104 Å². The number of thiophene rings is 1. The van der Waals surface area contributed by atoms with Crippen LogP contribution in [0.2, 0.25) is 0 Å². The quantitative estimate of drug-likeness (QED) is 0.906. The molecule has 0 radical (unpaired) electrons. The molecular formula is C11H15N3O2S. The van der Waals surface area contributed by atoms with Crippen LogP contribution in [0.25, 0.3) is 10.8 Å². The fourth-order valence-corrected chi connectivity index (χ4v) is 2.35. The highest BCUT2D eigenvalue weighted by molar-refractivity contribution is 7.14. The predicted molar refractivity (Wildman–Crippen MR) is 66.6 cm³/mol. The number of hydrogen-bond acceptors (Lipinski definition) is 6. The molecule has 2 rings (SSSR count). The summed E-state index contributed by atoms with van der Waals surface area (Å²) in [5.74, 6) is 1.30. The average Bonchev–Trinajstić information content (AvgIpc) is 2.87. The molecule has 0 aromatic carbocycles. The second kappa shape index (κ2) is 4.85. The summed E-state index contributed by atoms with van der Waals surface area (Å²) in [5, 5.41) is 5.84. The third-order valence-electron chi connectivity index (χ3n) is 2.45. The van der Waals surface area contributed by atoms with Gasteiger partial charge in [-0.2, -0.15) is 4.98 Å². The van der Waals surface area contributed by atoms with Crippen molar-refractivity contribution >= 4 is 17.0 Å². The molecule has 2 aromatic heterocycles. The molecule has 0 saturated carbocycles. The van der Waals surface area contributed by atoms with Gasteiger partial charge in [-0.05, 0) is 17.4 Å². The van der Waals surface area contributed by atoms with Crippen molar-refractivity contribution in [3.63, 3.8) is 0 Å². The van der Waals surface area contributed by atoms with E-state index >= 15 is 0 Å². The number of nitrogen functional groups attached to an aromatic ring is 1. The van der Waals surface area contributed by atoms with Gasteiger partial charge in [0.25, 0.3) is 5.89 Å². The first-order valence-electron chi connectivity index (χ1n) is 5.33. The number of aromatic nitrogens is 2. The van der Waals surface area contributed by atoms with Crippen LogP contribution >= 0.6 is 11.3 Å². The Bertz CT molecular complexity index is 492. The highest BCUT2D eigenvalue weighted by Crippen LogP contribution is 2.32. The van der Waals surface area contributed by atoms with Crippen molar-refractivity contribution in [2.24, 2.45) is 5.92 Å². The molecule has 0 fully saturated rings. The van der Waals surface area contributed by atoms with Gasteiger partial charge in [-0.1, -0.05) is 19.0 Å². The maximum Gasteiger partial charge on any atom is 0.270 e. The zero-order valence-electron chi connectivity index (χ0n) is 10.0. The van der Waals surface area contributed by atoms with Crippen molar-refractivity contribution < 1.29 is 9.26 Å². The minimum atomic E-state index is -0.159. The van der Waals surface area contributed by atoms with Crippen LogP contribution in [0.5, 0.6) is 0 Å². The number of ether oxygens (including phenoxy) is 1. The Kier molecular flexibility index (Phi) is 3.44. The van der Waals surface area contributed by atoms with Crippen LogP contribution in [-0.4, -0.2) is 17.3 Å². The molecule has 5 nitrogen and oxygen atoms in total. The van der Waals surface area contributed by atoms with E-state index < -0.39 is 0 Å². The van der Waals surface area contributed by atoms with Gasteiger partial charge < -0.3 is 15.0 Å². The van der Waals surface area contributed by atoms with Crippen LogP contribution < -0.4 is 5.73 Å². The van der Waals surface area contributed by atoms with E-state index in [0.717, 1.165) is 4.88 Å². The Hall–Kier alpha value is -1.40. The number of anilines is 1. The van der Waals surface area contributed by atoms with Crippen LogP contribution in [0.1, 0.15) is 25.8 Å². The zero-order valence-corrected chi connectivity index (χ0v) is 10.8. The standard InChI is InChI=1S/C11H15N3O2S/c1-6(2)8(15-3)10-13-11(16-14-10)9-7(12)4-5-17-9/h4-6,8H,12H2,1-3H3. The summed E-state index contributed by atoms with van der Waals surface area (Å²) >= 11 is 1.48. The van der Waals surface area contributed by atoms with E-state index in [9.17, 15) is 0 Å². The Balaban J connectivity index is 2.30. The monoisotopic (exact) mass is 253 g/mol. The first kappa shape index (κ1) is 12.1. The second-order valence-electron chi connectivity index (χ2n) is 4.06. The lowest BCUT2D eigenvalue weighted by molar-refractivity contribution is 0.0556. The van der Waals surface area contributed by atoms with E-state index in [1.165, 1.54) is 11.3 Å². The zero-order chi connectivity index (χ0) is 12.4. The number of nitrogens with two attached hydrogens (primary N) is 1. The number of rotatable bonds is 4. The molecule has 0 spiro atoms. The lowest BCUT2D eigenvalue weighted by Gasteiger charge is -2.14. The van der Waals surface area contributed by atoms with Crippen molar-refractivity contribution in [2.75, 3.05) is 12.8 Å². The van der Waals surface area contributed by atoms with Crippen molar-refractivity contribution in [2.45, 2.75) is 20.0 Å². The largest absolute Gasteiger partial charge is 0.397 e. The van der Waals surface area contributed by atoms with Crippen LogP contribution in [0.3, 0.4) is 0 Å². The minimum absolute atomic E-state index is 0.159. The number of hydrogen-bond donors (Lipinski definition) is 1. The van der Waals surface area contributed by atoms with Crippen molar-refractivity contribution in [3.05, 3.63) is 17.3 Å². The second-order valence-corrected chi connectivity index (χ2v) is 4.98. The van der Waals surface area contributed by atoms with Crippen molar-refractivity contribution in [1.29, 1.82) is 0 Å². The highest BCUT2D eigenvalue weighted by Gasteiger charge is 2.22. The normalized spacial score (nSPS) is 13.2. The van der Waals surface area contributed by atoms with Gasteiger partial charge in [0.1, 0.15) is 11.0 Å². The molecule has 1 unspecified atom stereocenters. The van der Waals surface area contributed by atoms with Gasteiger partial charge in [0.2, 0.25) is 5.82 Å². The summed E-state index contributed by atoms with van der Waals surface area (Å²) in [5.41, 5.74) is 6.46. The van der Waals surface area contributed by atoms with E-state index in [1.54, 1.807) is 7.11 Å². The van der Waals surface area contributed by atoms with Crippen molar-refractivity contribution in [3.8, 4) is 10.8 Å². The molecule has 2 heterocycles. The van der Waals surface area contributed by atoms with Crippen LogP contribution in [-0.2, 0) is 4.74 Å². The van der Waals surface area contributed by atoms with Gasteiger partial charge in [0.05, 0.1) is 5.69 Å². The van der Waals surface area contributed by atoms with Gasteiger partial charge in [0.15, 0.2) is 0 Å². The van der Waals surface area contributed by atoms with Crippen LogP contribution in [0.4, 0.5) is 5.69 Å². The molecule has 0 saturated heterocycles. The van der Waals surface area contributed by atoms with Gasteiger partial charge in [-0.3, -0.25) is 0 Å². The number of methoxy groups -OCH3 is 1. The molecule has 0 amide bonds. The molecule has 0 bridgehead atoms. The van der Waals surface area contributed by atoms with E-state index in [2.05, 4.69) is 10.1 Å². The fraction of sp³-hybridized carbons (Fsp3) is 0.455. The molecule has 0 aliphatic carbocycles.